The largest absolute Gasteiger partial charge is 0.341 e. The fourth-order valence-corrected chi connectivity index (χ4v) is 4.46. The summed E-state index contributed by atoms with van der Waals surface area (Å²) in [5, 5.41) is 18.0. The number of anilines is 1. The summed E-state index contributed by atoms with van der Waals surface area (Å²) in [7, 11) is 0. The van der Waals surface area contributed by atoms with Crippen LogP contribution in [0.1, 0.15) is 24.1 Å². The number of nitrogens with two attached hydrogens (primary N) is 1. The number of aromatic amines is 1. The molecule has 0 radical (unpaired) electrons. The molecular formula is C22H18Cl2N8. The lowest BCUT2D eigenvalue weighted by atomic mass is 9.82. The SMILES string of the molecule is N#Cc1nc(N2CCC(N)(c3ccccc3)CC2)nc2[nH]nc(-c3ccnc(Cl)c3Cl)c12. The second kappa shape index (κ2) is 8.02. The van der Waals surface area contributed by atoms with Gasteiger partial charge < -0.3 is 10.6 Å². The molecule has 0 bridgehead atoms. The molecule has 10 heteroatoms. The molecule has 1 aliphatic heterocycles. The number of rotatable bonds is 3. The van der Waals surface area contributed by atoms with Gasteiger partial charge in [0.1, 0.15) is 16.9 Å². The van der Waals surface area contributed by atoms with Crippen molar-refractivity contribution >= 4 is 40.2 Å². The maximum Gasteiger partial charge on any atom is 0.228 e. The molecule has 4 aromatic rings. The van der Waals surface area contributed by atoms with E-state index in [0.29, 0.717) is 41.3 Å². The molecule has 1 aliphatic rings. The van der Waals surface area contributed by atoms with E-state index in [1.807, 2.05) is 23.1 Å². The highest BCUT2D eigenvalue weighted by molar-refractivity contribution is 6.43. The van der Waals surface area contributed by atoms with E-state index in [2.05, 4.69) is 43.4 Å². The lowest BCUT2D eigenvalue weighted by Crippen LogP contribution is -2.48. The van der Waals surface area contributed by atoms with Crippen molar-refractivity contribution in [3.05, 3.63) is 64.0 Å². The Kier molecular flexibility index (Phi) is 5.18. The first-order valence-electron chi connectivity index (χ1n) is 10.1. The van der Waals surface area contributed by atoms with Crippen molar-refractivity contribution in [2.45, 2.75) is 18.4 Å². The Morgan fingerprint density at radius 1 is 1.09 bits per heavy atom. The third-order valence-electron chi connectivity index (χ3n) is 5.90. The van der Waals surface area contributed by atoms with Gasteiger partial charge in [-0.1, -0.05) is 53.5 Å². The average Bonchev–Trinajstić information content (AvgIpc) is 3.25. The highest BCUT2D eigenvalue weighted by Gasteiger charge is 2.33. The molecule has 1 aromatic carbocycles. The van der Waals surface area contributed by atoms with E-state index in [1.165, 1.54) is 6.20 Å². The zero-order valence-electron chi connectivity index (χ0n) is 16.9. The van der Waals surface area contributed by atoms with Crippen LogP contribution >= 0.6 is 23.2 Å². The molecule has 4 heterocycles. The van der Waals surface area contributed by atoms with E-state index in [-0.39, 0.29) is 15.9 Å². The van der Waals surface area contributed by atoms with Crippen molar-refractivity contribution in [2.24, 2.45) is 5.73 Å². The number of nitrogens with zero attached hydrogens (tertiary/aromatic N) is 6. The van der Waals surface area contributed by atoms with Gasteiger partial charge >= 0.3 is 0 Å². The van der Waals surface area contributed by atoms with Gasteiger partial charge in [-0.25, -0.2) is 9.97 Å². The summed E-state index contributed by atoms with van der Waals surface area (Å²) < 4.78 is 0. The quantitative estimate of drug-likeness (QED) is 0.438. The van der Waals surface area contributed by atoms with Crippen LogP contribution in [0.3, 0.4) is 0 Å². The van der Waals surface area contributed by atoms with Crippen LogP contribution in [-0.4, -0.2) is 38.2 Å². The monoisotopic (exact) mass is 464 g/mol. The summed E-state index contributed by atoms with van der Waals surface area (Å²) in [6.07, 6.45) is 3.03. The number of H-pyrrole nitrogens is 1. The summed E-state index contributed by atoms with van der Waals surface area (Å²) in [6.45, 7) is 1.35. The maximum absolute atomic E-state index is 9.81. The smallest absolute Gasteiger partial charge is 0.228 e. The maximum atomic E-state index is 9.81. The number of halogens is 2. The number of hydrogen-bond donors (Lipinski definition) is 2. The Hall–Kier alpha value is -3.25. The van der Waals surface area contributed by atoms with E-state index >= 15 is 0 Å². The van der Waals surface area contributed by atoms with Crippen LogP contribution in [0.4, 0.5) is 5.95 Å². The van der Waals surface area contributed by atoms with Crippen LogP contribution in [0.2, 0.25) is 10.2 Å². The highest BCUT2D eigenvalue weighted by atomic mass is 35.5. The molecule has 0 aliphatic carbocycles. The third kappa shape index (κ3) is 3.45. The van der Waals surface area contributed by atoms with Crippen molar-refractivity contribution in [1.29, 1.82) is 5.26 Å². The summed E-state index contributed by atoms with van der Waals surface area (Å²) in [5.74, 6) is 0.471. The Morgan fingerprint density at radius 2 is 1.84 bits per heavy atom. The van der Waals surface area contributed by atoms with Gasteiger partial charge in [0.25, 0.3) is 0 Å². The number of pyridine rings is 1. The van der Waals surface area contributed by atoms with Gasteiger partial charge in [0.15, 0.2) is 11.3 Å². The molecule has 3 N–H and O–H groups in total. The van der Waals surface area contributed by atoms with Crippen LogP contribution < -0.4 is 10.6 Å². The summed E-state index contributed by atoms with van der Waals surface area (Å²) >= 11 is 12.4. The molecule has 8 nitrogen and oxygen atoms in total. The number of aromatic nitrogens is 5. The minimum Gasteiger partial charge on any atom is -0.341 e. The zero-order chi connectivity index (χ0) is 22.3. The molecule has 0 saturated carbocycles. The van der Waals surface area contributed by atoms with Gasteiger partial charge in [-0.3, -0.25) is 5.10 Å². The normalized spacial score (nSPS) is 15.6. The topological polar surface area (TPSA) is 120 Å². The highest BCUT2D eigenvalue weighted by Crippen LogP contribution is 2.36. The number of benzene rings is 1. The summed E-state index contributed by atoms with van der Waals surface area (Å²) in [6, 6.07) is 14.0. The van der Waals surface area contributed by atoms with Crippen LogP contribution in [-0.2, 0) is 5.54 Å². The molecule has 5 rings (SSSR count). The molecule has 160 valence electrons. The standard InChI is InChI=1S/C22H18Cl2N8/c23-17-14(6-9-27-19(17)24)18-16-15(12-25)28-21(29-20(16)31-30-18)32-10-7-22(26,8-11-32)13-4-2-1-3-5-13/h1-6,9H,7-8,10-11,26H2,(H,28,29,30,31). The second-order valence-electron chi connectivity index (χ2n) is 7.75. The van der Waals surface area contributed by atoms with E-state index in [4.69, 9.17) is 28.9 Å². The van der Waals surface area contributed by atoms with Crippen LogP contribution in [0, 0.1) is 11.3 Å². The van der Waals surface area contributed by atoms with Crippen LogP contribution in [0.25, 0.3) is 22.3 Å². The Morgan fingerprint density at radius 3 is 2.56 bits per heavy atom. The van der Waals surface area contributed by atoms with E-state index in [9.17, 15) is 5.26 Å². The van der Waals surface area contributed by atoms with E-state index in [0.717, 1.165) is 18.4 Å². The molecule has 0 unspecified atom stereocenters. The Bertz CT molecular complexity index is 1340. The predicted octanol–water partition coefficient (Wildman–Crippen LogP) is 4.05. The minimum atomic E-state index is -0.390. The first kappa shape index (κ1) is 20.6. The van der Waals surface area contributed by atoms with Gasteiger partial charge in [-0.05, 0) is 24.5 Å². The van der Waals surface area contributed by atoms with Crippen molar-refractivity contribution in [1.82, 2.24) is 25.1 Å². The molecular weight excluding hydrogens is 447 g/mol. The fraction of sp³-hybridized carbons (Fsp3) is 0.227. The zero-order valence-corrected chi connectivity index (χ0v) is 18.4. The Balaban J connectivity index is 1.48. The first-order chi connectivity index (χ1) is 15.5. The summed E-state index contributed by atoms with van der Waals surface area (Å²) in [5.41, 5.74) is 9.12. The van der Waals surface area contributed by atoms with Gasteiger partial charge in [0, 0.05) is 30.4 Å². The molecule has 0 spiro atoms. The molecule has 1 fully saturated rings. The third-order valence-corrected chi connectivity index (χ3v) is 6.67. The van der Waals surface area contributed by atoms with Gasteiger partial charge in [-0.15, -0.1) is 0 Å². The average molecular weight is 465 g/mol. The van der Waals surface area contributed by atoms with Crippen molar-refractivity contribution in [2.75, 3.05) is 18.0 Å². The van der Waals surface area contributed by atoms with Crippen molar-refractivity contribution in [3.63, 3.8) is 0 Å². The van der Waals surface area contributed by atoms with Gasteiger partial charge in [0.05, 0.1) is 10.4 Å². The molecule has 0 amide bonds. The van der Waals surface area contributed by atoms with Crippen LogP contribution in [0.5, 0.6) is 0 Å². The predicted molar refractivity (Wildman–Crippen MR) is 123 cm³/mol. The second-order valence-corrected chi connectivity index (χ2v) is 8.49. The van der Waals surface area contributed by atoms with Gasteiger partial charge in [-0.2, -0.15) is 15.3 Å². The van der Waals surface area contributed by atoms with E-state index in [1.54, 1.807) is 6.07 Å². The first-order valence-corrected chi connectivity index (χ1v) is 10.8. The van der Waals surface area contributed by atoms with Crippen LogP contribution in [0.15, 0.2) is 42.6 Å². The minimum absolute atomic E-state index is 0.161. The summed E-state index contributed by atoms with van der Waals surface area (Å²) in [4.78, 5) is 15.2. The van der Waals surface area contributed by atoms with E-state index < -0.39 is 5.54 Å². The fourth-order valence-electron chi connectivity index (χ4n) is 4.10. The number of nitriles is 1. The lowest BCUT2D eigenvalue weighted by molar-refractivity contribution is 0.340. The van der Waals surface area contributed by atoms with Crippen molar-refractivity contribution in [3.8, 4) is 17.3 Å². The number of hydrogen-bond acceptors (Lipinski definition) is 7. The number of piperidine rings is 1. The number of nitrogens with one attached hydrogen (secondary N) is 1. The van der Waals surface area contributed by atoms with Gasteiger partial charge in [0.2, 0.25) is 5.95 Å². The lowest BCUT2D eigenvalue weighted by Gasteiger charge is -2.39. The molecule has 0 atom stereocenters. The Labute approximate surface area is 194 Å². The molecule has 3 aromatic heterocycles. The van der Waals surface area contributed by atoms with Crippen molar-refractivity contribution < 1.29 is 0 Å². The molecule has 1 saturated heterocycles. The molecule has 32 heavy (non-hydrogen) atoms. The number of fused-ring (bicyclic) bond motifs is 1.